The molecule has 31 heavy (non-hydrogen) atoms. The van der Waals surface area contributed by atoms with E-state index < -0.39 is 0 Å². The first-order valence-electron chi connectivity index (χ1n) is 11.4. The van der Waals surface area contributed by atoms with E-state index in [-0.39, 0.29) is 19.1 Å². The minimum atomic E-state index is 0.0313. The van der Waals surface area contributed by atoms with Gasteiger partial charge < -0.3 is 20.4 Å². The van der Waals surface area contributed by atoms with Crippen molar-refractivity contribution < 1.29 is 10.2 Å². The Labute approximate surface area is 183 Å². The topological polar surface area (TPSA) is 85.9 Å². The molecule has 2 atom stereocenters. The van der Waals surface area contributed by atoms with Crippen LogP contribution in [0, 0.1) is 5.92 Å². The van der Waals surface area contributed by atoms with Gasteiger partial charge in [0.1, 0.15) is 11.6 Å². The molecule has 0 aromatic carbocycles. The van der Waals surface area contributed by atoms with Crippen LogP contribution in [0.1, 0.15) is 38.2 Å². The lowest BCUT2D eigenvalue weighted by atomic mass is 9.99. The summed E-state index contributed by atoms with van der Waals surface area (Å²) in [7, 11) is 0. The Kier molecular flexibility index (Phi) is 7.04. The van der Waals surface area contributed by atoms with E-state index in [0.717, 1.165) is 60.6 Å². The van der Waals surface area contributed by atoms with Gasteiger partial charge in [0.25, 0.3) is 0 Å². The molecule has 3 N–H and O–H groups in total. The Morgan fingerprint density at radius 3 is 2.94 bits per heavy atom. The summed E-state index contributed by atoms with van der Waals surface area (Å²) < 4.78 is 1.89. The molecular weight excluding hydrogens is 390 g/mol. The number of piperidine rings is 1. The number of nitrogens with one attached hydrogen (secondary N) is 1. The number of aliphatic hydroxyl groups is 2. The maximum absolute atomic E-state index is 9.55. The Bertz CT molecular complexity index is 976. The van der Waals surface area contributed by atoms with Crippen molar-refractivity contribution in [2.75, 3.05) is 36.5 Å². The standard InChI is InChI=1S/C24H33N5O2/c1-2-20-16-26-29-22(25-15-18-7-3-4-8-19(13-18)17-31)14-23(27-24(20)29)28-11-6-5-9-21(28)10-12-30/h3-4,7-8,13-14,16,19,21,25,30-31H,2,5-6,9-12,15,17H2,1H3. The Balaban J connectivity index is 1.66. The molecule has 1 saturated heterocycles. The third-order valence-electron chi connectivity index (χ3n) is 6.19. The van der Waals surface area contributed by atoms with Crippen LogP contribution in [0.4, 0.5) is 11.6 Å². The first-order chi connectivity index (χ1) is 15.2. The number of hydrogen-bond acceptors (Lipinski definition) is 6. The van der Waals surface area contributed by atoms with Crippen molar-refractivity contribution in [1.29, 1.82) is 0 Å². The van der Waals surface area contributed by atoms with Crippen LogP contribution in [0.3, 0.4) is 0 Å². The molecule has 1 fully saturated rings. The third-order valence-corrected chi connectivity index (χ3v) is 6.19. The summed E-state index contributed by atoms with van der Waals surface area (Å²) in [4.78, 5) is 7.35. The highest BCUT2D eigenvalue weighted by Gasteiger charge is 2.25. The van der Waals surface area contributed by atoms with Gasteiger partial charge >= 0.3 is 0 Å². The minimum absolute atomic E-state index is 0.0313. The Morgan fingerprint density at radius 2 is 2.13 bits per heavy atom. The molecule has 7 nitrogen and oxygen atoms in total. The first-order valence-corrected chi connectivity index (χ1v) is 11.4. The van der Waals surface area contributed by atoms with Gasteiger partial charge in [-0.05, 0) is 37.7 Å². The van der Waals surface area contributed by atoms with Crippen LogP contribution in [-0.4, -0.2) is 57.2 Å². The number of hydrogen-bond donors (Lipinski definition) is 3. The van der Waals surface area contributed by atoms with Crippen molar-refractivity contribution in [1.82, 2.24) is 14.6 Å². The number of rotatable bonds is 8. The van der Waals surface area contributed by atoms with Crippen molar-refractivity contribution in [3.05, 3.63) is 53.8 Å². The van der Waals surface area contributed by atoms with Crippen molar-refractivity contribution in [2.45, 2.75) is 45.1 Å². The molecule has 1 aliphatic carbocycles. The molecule has 0 spiro atoms. The molecule has 3 heterocycles. The zero-order valence-corrected chi connectivity index (χ0v) is 18.2. The summed E-state index contributed by atoms with van der Waals surface area (Å²) in [5.74, 6) is 1.88. The smallest absolute Gasteiger partial charge is 0.162 e. The van der Waals surface area contributed by atoms with E-state index in [4.69, 9.17) is 4.98 Å². The van der Waals surface area contributed by atoms with Gasteiger partial charge in [0.15, 0.2) is 5.65 Å². The highest BCUT2D eigenvalue weighted by atomic mass is 16.3. The number of nitrogens with zero attached hydrogens (tertiary/aromatic N) is 4. The van der Waals surface area contributed by atoms with Crippen LogP contribution in [-0.2, 0) is 6.42 Å². The van der Waals surface area contributed by atoms with E-state index in [1.54, 1.807) is 0 Å². The highest BCUT2D eigenvalue weighted by molar-refractivity contribution is 5.62. The van der Waals surface area contributed by atoms with Crippen molar-refractivity contribution >= 4 is 17.3 Å². The second kappa shape index (κ2) is 10.1. The molecule has 166 valence electrons. The fourth-order valence-electron chi connectivity index (χ4n) is 4.47. The number of allylic oxidation sites excluding steroid dienone is 2. The molecule has 0 bridgehead atoms. The largest absolute Gasteiger partial charge is 0.396 e. The van der Waals surface area contributed by atoms with Crippen molar-refractivity contribution in [3.63, 3.8) is 0 Å². The normalized spacial score (nSPS) is 21.4. The van der Waals surface area contributed by atoms with Crippen molar-refractivity contribution in [3.8, 4) is 0 Å². The van der Waals surface area contributed by atoms with Crippen LogP contribution >= 0.6 is 0 Å². The summed E-state index contributed by atoms with van der Waals surface area (Å²) in [5, 5.41) is 27.2. The van der Waals surface area contributed by atoms with Gasteiger partial charge in [-0.3, -0.25) is 0 Å². The van der Waals surface area contributed by atoms with Gasteiger partial charge in [-0.2, -0.15) is 9.61 Å². The van der Waals surface area contributed by atoms with Gasteiger partial charge in [-0.25, -0.2) is 4.98 Å². The van der Waals surface area contributed by atoms with Crippen LogP contribution in [0.25, 0.3) is 5.65 Å². The predicted octanol–water partition coefficient (Wildman–Crippen LogP) is 3.11. The van der Waals surface area contributed by atoms with Gasteiger partial charge in [0, 0.05) is 43.3 Å². The number of aliphatic hydroxyl groups excluding tert-OH is 2. The van der Waals surface area contributed by atoms with Crippen LogP contribution < -0.4 is 10.2 Å². The van der Waals surface area contributed by atoms with E-state index in [1.165, 1.54) is 6.42 Å². The van der Waals surface area contributed by atoms with Gasteiger partial charge in [-0.15, -0.1) is 0 Å². The number of aryl methyl sites for hydroxylation is 1. The number of fused-ring (bicyclic) bond motifs is 1. The molecule has 4 rings (SSSR count). The van der Waals surface area contributed by atoms with E-state index in [2.05, 4.69) is 40.5 Å². The van der Waals surface area contributed by atoms with Crippen LogP contribution in [0.2, 0.25) is 0 Å². The average Bonchev–Trinajstić information content (AvgIpc) is 3.08. The van der Waals surface area contributed by atoms with E-state index in [9.17, 15) is 10.2 Å². The van der Waals surface area contributed by atoms with E-state index in [0.29, 0.717) is 12.6 Å². The fraction of sp³-hybridized carbons (Fsp3) is 0.500. The monoisotopic (exact) mass is 423 g/mol. The van der Waals surface area contributed by atoms with Gasteiger partial charge in [-0.1, -0.05) is 37.3 Å². The zero-order chi connectivity index (χ0) is 21.6. The molecule has 0 saturated carbocycles. The summed E-state index contributed by atoms with van der Waals surface area (Å²) in [5.41, 5.74) is 3.13. The summed E-state index contributed by atoms with van der Waals surface area (Å²) in [6, 6.07) is 2.40. The molecule has 2 aromatic rings. The molecule has 2 aliphatic rings. The Hall–Kier alpha value is -2.64. The number of anilines is 2. The predicted molar refractivity (Wildman–Crippen MR) is 124 cm³/mol. The lowest BCUT2D eigenvalue weighted by Crippen LogP contribution is -2.40. The molecule has 1 aliphatic heterocycles. The molecular formula is C24H33N5O2. The maximum Gasteiger partial charge on any atom is 0.162 e. The van der Waals surface area contributed by atoms with E-state index in [1.807, 2.05) is 28.9 Å². The second-order valence-corrected chi connectivity index (χ2v) is 8.30. The Morgan fingerprint density at radius 1 is 1.23 bits per heavy atom. The molecule has 2 aromatic heterocycles. The number of aromatic nitrogens is 3. The first kappa shape index (κ1) is 21.6. The van der Waals surface area contributed by atoms with Crippen LogP contribution in [0.15, 0.2) is 48.2 Å². The SMILES string of the molecule is CCc1cnn2c(NCC3=CC(CO)C=CC=C3)cc(N3CCCCC3CCO)nc12. The van der Waals surface area contributed by atoms with Crippen molar-refractivity contribution in [2.24, 2.45) is 5.92 Å². The third kappa shape index (κ3) is 4.83. The van der Waals surface area contributed by atoms with Crippen LogP contribution in [0.5, 0.6) is 0 Å². The molecule has 7 heteroatoms. The summed E-state index contributed by atoms with van der Waals surface area (Å²) >= 11 is 0. The highest BCUT2D eigenvalue weighted by Crippen LogP contribution is 2.29. The second-order valence-electron chi connectivity index (χ2n) is 8.30. The average molecular weight is 424 g/mol. The molecule has 0 radical (unpaired) electrons. The lowest BCUT2D eigenvalue weighted by Gasteiger charge is -2.36. The zero-order valence-electron chi connectivity index (χ0n) is 18.2. The van der Waals surface area contributed by atoms with Gasteiger partial charge in [0.05, 0.1) is 12.8 Å². The fourth-order valence-corrected chi connectivity index (χ4v) is 4.47. The molecule has 0 amide bonds. The molecule has 2 unspecified atom stereocenters. The summed E-state index contributed by atoms with van der Waals surface area (Å²) in [6.07, 6.45) is 17.1. The minimum Gasteiger partial charge on any atom is -0.396 e. The maximum atomic E-state index is 9.55. The van der Waals surface area contributed by atoms with Gasteiger partial charge in [0.2, 0.25) is 0 Å². The summed E-state index contributed by atoms with van der Waals surface area (Å²) in [6.45, 7) is 4.01. The van der Waals surface area contributed by atoms with E-state index >= 15 is 0 Å². The quantitative estimate of drug-likeness (QED) is 0.605. The lowest BCUT2D eigenvalue weighted by molar-refractivity contribution is 0.262.